The molecule has 0 heterocycles. The highest BCUT2D eigenvalue weighted by molar-refractivity contribution is 7.99. The standard InChI is InChI=1S/C15H22FNO2S/c1-12(2)19-10-3-9-17-15(18)8-11-20-14-6-4-13(16)5-7-14/h4-7,12H,3,8-11H2,1-2H3,(H,17,18). The molecule has 1 amide bonds. The van der Waals surface area contributed by atoms with E-state index in [1.165, 1.54) is 12.1 Å². The summed E-state index contributed by atoms with van der Waals surface area (Å²) in [4.78, 5) is 12.5. The van der Waals surface area contributed by atoms with Crippen LogP contribution >= 0.6 is 11.8 Å². The molecule has 3 nitrogen and oxygen atoms in total. The number of thioether (sulfide) groups is 1. The summed E-state index contributed by atoms with van der Waals surface area (Å²) in [7, 11) is 0. The summed E-state index contributed by atoms with van der Waals surface area (Å²) >= 11 is 1.55. The van der Waals surface area contributed by atoms with Crippen LogP contribution in [0.25, 0.3) is 0 Å². The van der Waals surface area contributed by atoms with Crippen molar-refractivity contribution in [1.29, 1.82) is 0 Å². The van der Waals surface area contributed by atoms with Crippen LogP contribution in [-0.4, -0.2) is 30.9 Å². The molecule has 112 valence electrons. The van der Waals surface area contributed by atoms with E-state index < -0.39 is 0 Å². The number of nitrogens with one attached hydrogen (secondary N) is 1. The van der Waals surface area contributed by atoms with Gasteiger partial charge >= 0.3 is 0 Å². The fourth-order valence-electron chi connectivity index (χ4n) is 1.50. The smallest absolute Gasteiger partial charge is 0.220 e. The number of halogens is 1. The van der Waals surface area contributed by atoms with Crippen LogP contribution in [0.4, 0.5) is 4.39 Å². The van der Waals surface area contributed by atoms with Crippen molar-refractivity contribution in [3.05, 3.63) is 30.1 Å². The number of amides is 1. The van der Waals surface area contributed by atoms with Gasteiger partial charge in [-0.05, 0) is 44.5 Å². The Balaban J connectivity index is 2.04. The first-order valence-electron chi connectivity index (χ1n) is 6.84. The van der Waals surface area contributed by atoms with Crippen molar-refractivity contribution < 1.29 is 13.9 Å². The molecule has 0 aliphatic heterocycles. The molecular weight excluding hydrogens is 277 g/mol. The third-order valence-electron chi connectivity index (χ3n) is 2.51. The molecular formula is C15H22FNO2S. The number of ether oxygens (including phenoxy) is 1. The van der Waals surface area contributed by atoms with Gasteiger partial charge in [-0.25, -0.2) is 4.39 Å². The lowest BCUT2D eigenvalue weighted by Crippen LogP contribution is -2.25. The highest BCUT2D eigenvalue weighted by atomic mass is 32.2. The maximum Gasteiger partial charge on any atom is 0.220 e. The average molecular weight is 299 g/mol. The molecule has 1 N–H and O–H groups in total. The first kappa shape index (κ1) is 17.0. The number of hydrogen-bond donors (Lipinski definition) is 1. The van der Waals surface area contributed by atoms with E-state index in [0.717, 1.165) is 11.3 Å². The fraction of sp³-hybridized carbons (Fsp3) is 0.533. The van der Waals surface area contributed by atoms with E-state index in [1.54, 1.807) is 23.9 Å². The average Bonchev–Trinajstić information content (AvgIpc) is 2.40. The third-order valence-corrected chi connectivity index (χ3v) is 3.52. The van der Waals surface area contributed by atoms with Crippen LogP contribution in [0.15, 0.2) is 29.2 Å². The highest BCUT2D eigenvalue weighted by Crippen LogP contribution is 2.18. The van der Waals surface area contributed by atoms with Gasteiger partial charge in [0.25, 0.3) is 0 Å². The minimum atomic E-state index is -0.240. The topological polar surface area (TPSA) is 38.3 Å². The molecule has 0 saturated carbocycles. The molecule has 0 bridgehead atoms. The number of carbonyl (C=O) groups is 1. The van der Waals surface area contributed by atoms with E-state index in [1.807, 2.05) is 13.8 Å². The van der Waals surface area contributed by atoms with Gasteiger partial charge in [0.15, 0.2) is 0 Å². The van der Waals surface area contributed by atoms with Gasteiger partial charge in [-0.2, -0.15) is 0 Å². The Hall–Kier alpha value is -1.07. The monoisotopic (exact) mass is 299 g/mol. The van der Waals surface area contributed by atoms with Crippen molar-refractivity contribution in [3.8, 4) is 0 Å². The third kappa shape index (κ3) is 8.17. The van der Waals surface area contributed by atoms with Gasteiger partial charge in [0.05, 0.1) is 6.10 Å². The molecule has 0 saturated heterocycles. The largest absolute Gasteiger partial charge is 0.379 e. The van der Waals surface area contributed by atoms with E-state index in [9.17, 15) is 9.18 Å². The van der Waals surface area contributed by atoms with Crippen LogP contribution in [0.2, 0.25) is 0 Å². The molecule has 20 heavy (non-hydrogen) atoms. The molecule has 0 atom stereocenters. The normalized spacial score (nSPS) is 10.8. The van der Waals surface area contributed by atoms with E-state index >= 15 is 0 Å². The van der Waals surface area contributed by atoms with Crippen LogP contribution in [0.5, 0.6) is 0 Å². The molecule has 0 aliphatic carbocycles. The lowest BCUT2D eigenvalue weighted by Gasteiger charge is -2.08. The van der Waals surface area contributed by atoms with Crippen molar-refractivity contribution in [3.63, 3.8) is 0 Å². The summed E-state index contributed by atoms with van der Waals surface area (Å²) in [5.74, 6) is 0.500. The molecule has 0 spiro atoms. The van der Waals surface area contributed by atoms with Gasteiger partial charge < -0.3 is 10.1 Å². The predicted molar refractivity (Wildman–Crippen MR) is 80.5 cm³/mol. The summed E-state index contributed by atoms with van der Waals surface area (Å²) in [5.41, 5.74) is 0. The maximum atomic E-state index is 12.7. The molecule has 0 unspecified atom stereocenters. The zero-order valence-corrected chi connectivity index (χ0v) is 12.8. The van der Waals surface area contributed by atoms with Crippen LogP contribution in [-0.2, 0) is 9.53 Å². The quantitative estimate of drug-likeness (QED) is 0.562. The Morgan fingerprint density at radius 1 is 1.35 bits per heavy atom. The van der Waals surface area contributed by atoms with Crippen molar-refractivity contribution in [2.45, 2.75) is 37.7 Å². The van der Waals surface area contributed by atoms with Gasteiger partial charge in [0.1, 0.15) is 5.82 Å². The summed E-state index contributed by atoms with van der Waals surface area (Å²) in [6, 6.07) is 6.30. The fourth-order valence-corrected chi connectivity index (χ4v) is 2.35. The zero-order valence-electron chi connectivity index (χ0n) is 12.0. The highest BCUT2D eigenvalue weighted by Gasteiger charge is 2.02. The Kier molecular flexibility index (Phi) is 8.30. The van der Waals surface area contributed by atoms with E-state index in [4.69, 9.17) is 4.74 Å². The summed E-state index contributed by atoms with van der Waals surface area (Å²) in [6.07, 6.45) is 1.53. The zero-order chi connectivity index (χ0) is 14.8. The van der Waals surface area contributed by atoms with Gasteiger partial charge in [-0.15, -0.1) is 11.8 Å². The lowest BCUT2D eigenvalue weighted by atomic mass is 10.3. The first-order valence-corrected chi connectivity index (χ1v) is 7.83. The van der Waals surface area contributed by atoms with Gasteiger partial charge in [0, 0.05) is 30.2 Å². The van der Waals surface area contributed by atoms with Crippen LogP contribution in [0.1, 0.15) is 26.7 Å². The van der Waals surface area contributed by atoms with Crippen LogP contribution in [0, 0.1) is 5.82 Å². The molecule has 0 aromatic heterocycles. The second-order valence-corrected chi connectivity index (χ2v) is 5.84. The Labute approximate surface area is 124 Å². The number of hydrogen-bond acceptors (Lipinski definition) is 3. The van der Waals surface area contributed by atoms with Gasteiger partial charge in [-0.1, -0.05) is 0 Å². The minimum Gasteiger partial charge on any atom is -0.379 e. The second-order valence-electron chi connectivity index (χ2n) is 4.68. The van der Waals surface area contributed by atoms with E-state index in [0.29, 0.717) is 25.3 Å². The van der Waals surface area contributed by atoms with E-state index in [-0.39, 0.29) is 17.8 Å². The summed E-state index contributed by atoms with van der Waals surface area (Å²) in [6.45, 7) is 5.30. The van der Waals surface area contributed by atoms with Gasteiger partial charge in [0.2, 0.25) is 5.91 Å². The minimum absolute atomic E-state index is 0.0455. The maximum absolute atomic E-state index is 12.7. The second kappa shape index (κ2) is 9.77. The first-order chi connectivity index (χ1) is 9.58. The van der Waals surface area contributed by atoms with Crippen molar-refractivity contribution in [1.82, 2.24) is 5.32 Å². The summed E-state index contributed by atoms with van der Waals surface area (Å²) in [5, 5.41) is 2.86. The van der Waals surface area contributed by atoms with Gasteiger partial charge in [-0.3, -0.25) is 4.79 Å². The summed E-state index contributed by atoms with van der Waals surface area (Å²) < 4.78 is 18.1. The molecule has 0 aliphatic rings. The molecule has 5 heteroatoms. The SMILES string of the molecule is CC(C)OCCCNC(=O)CCSc1ccc(F)cc1. The Bertz CT molecular complexity index is 395. The molecule has 1 aromatic carbocycles. The van der Waals surface area contributed by atoms with Crippen molar-refractivity contribution in [2.24, 2.45) is 0 Å². The molecule has 1 rings (SSSR count). The number of benzene rings is 1. The van der Waals surface area contributed by atoms with Crippen molar-refractivity contribution in [2.75, 3.05) is 18.9 Å². The Morgan fingerprint density at radius 2 is 2.05 bits per heavy atom. The number of carbonyl (C=O) groups excluding carboxylic acids is 1. The van der Waals surface area contributed by atoms with E-state index in [2.05, 4.69) is 5.32 Å². The molecule has 0 fully saturated rings. The molecule has 1 aromatic rings. The molecule has 0 radical (unpaired) electrons. The van der Waals surface area contributed by atoms with Crippen LogP contribution in [0.3, 0.4) is 0 Å². The van der Waals surface area contributed by atoms with Crippen LogP contribution < -0.4 is 5.32 Å². The lowest BCUT2D eigenvalue weighted by molar-refractivity contribution is -0.120. The van der Waals surface area contributed by atoms with Crippen molar-refractivity contribution >= 4 is 17.7 Å². The Morgan fingerprint density at radius 3 is 2.70 bits per heavy atom. The number of rotatable bonds is 9. The predicted octanol–water partition coefficient (Wildman–Crippen LogP) is 3.24.